The molecule has 1 saturated heterocycles. The van der Waals surface area contributed by atoms with Crippen LogP contribution in [0.15, 0.2) is 21.2 Å². The van der Waals surface area contributed by atoms with Crippen LogP contribution in [0.5, 0.6) is 0 Å². The summed E-state index contributed by atoms with van der Waals surface area (Å²) < 4.78 is 6.39. The Kier molecular flexibility index (Phi) is 3.77. The zero-order valence-electron chi connectivity index (χ0n) is 8.65. The van der Waals surface area contributed by atoms with E-state index in [1.807, 2.05) is 17.8 Å². The number of halogens is 1. The Morgan fingerprint density at radius 3 is 3.13 bits per heavy atom. The average Bonchev–Trinajstić information content (AvgIpc) is 2.64. The predicted octanol–water partition coefficient (Wildman–Crippen LogP) is 2.09. The maximum atomic E-state index is 6.23. The lowest BCUT2D eigenvalue weighted by Gasteiger charge is -2.35. The van der Waals surface area contributed by atoms with E-state index in [-0.39, 0.29) is 6.04 Å². The van der Waals surface area contributed by atoms with Crippen LogP contribution in [0.3, 0.4) is 0 Å². The molecule has 1 aromatic heterocycles. The van der Waals surface area contributed by atoms with Crippen LogP contribution in [-0.4, -0.2) is 36.0 Å². The highest BCUT2D eigenvalue weighted by atomic mass is 79.9. The zero-order valence-corrected chi connectivity index (χ0v) is 11.1. The van der Waals surface area contributed by atoms with Crippen molar-refractivity contribution in [2.75, 3.05) is 25.1 Å². The molecule has 2 atom stereocenters. The van der Waals surface area contributed by atoms with Crippen LogP contribution in [0, 0.1) is 0 Å². The van der Waals surface area contributed by atoms with Gasteiger partial charge in [0.2, 0.25) is 0 Å². The minimum atomic E-state index is -0.0489. The third-order valence-electron chi connectivity index (χ3n) is 2.81. The monoisotopic (exact) mass is 290 g/mol. The Bertz CT molecular complexity index is 331. The van der Waals surface area contributed by atoms with Crippen molar-refractivity contribution in [2.24, 2.45) is 5.73 Å². The quantitative estimate of drug-likeness (QED) is 0.906. The average molecular weight is 291 g/mol. The van der Waals surface area contributed by atoms with Crippen LogP contribution in [0.2, 0.25) is 0 Å². The molecular weight excluding hydrogens is 276 g/mol. The van der Waals surface area contributed by atoms with Gasteiger partial charge in [0.05, 0.1) is 16.8 Å². The first kappa shape index (κ1) is 11.5. The van der Waals surface area contributed by atoms with Gasteiger partial charge in [0, 0.05) is 24.1 Å². The fourth-order valence-corrected chi connectivity index (χ4v) is 3.55. The Morgan fingerprint density at radius 2 is 2.53 bits per heavy atom. The van der Waals surface area contributed by atoms with Gasteiger partial charge in [-0.05, 0) is 29.0 Å². The molecule has 84 valence electrons. The molecule has 15 heavy (non-hydrogen) atoms. The first-order valence-electron chi connectivity index (χ1n) is 4.96. The molecule has 2 unspecified atom stereocenters. The zero-order chi connectivity index (χ0) is 10.8. The van der Waals surface area contributed by atoms with E-state index in [0.717, 1.165) is 22.5 Å². The molecule has 1 fully saturated rings. The second-order valence-corrected chi connectivity index (χ2v) is 5.79. The lowest BCUT2D eigenvalue weighted by molar-refractivity contribution is 0.222. The van der Waals surface area contributed by atoms with Crippen molar-refractivity contribution in [3.63, 3.8) is 0 Å². The first-order valence-corrected chi connectivity index (χ1v) is 6.91. The number of likely N-dealkylation sites (N-methyl/N-ethyl adjacent to an activating group) is 1. The Hall–Kier alpha value is 0.0300. The molecule has 2 heterocycles. The first-order chi connectivity index (χ1) is 7.20. The normalized spacial score (nSPS) is 25.4. The predicted molar refractivity (Wildman–Crippen MR) is 67.1 cm³/mol. The Balaban J connectivity index is 2.13. The highest BCUT2D eigenvalue weighted by Gasteiger charge is 2.29. The molecule has 0 aliphatic carbocycles. The second-order valence-electron chi connectivity index (χ2n) is 3.78. The molecule has 1 aromatic rings. The number of nitrogens with two attached hydrogens (primary N) is 1. The van der Waals surface area contributed by atoms with Gasteiger partial charge in [-0.3, -0.25) is 4.90 Å². The van der Waals surface area contributed by atoms with E-state index in [0.29, 0.717) is 6.04 Å². The van der Waals surface area contributed by atoms with E-state index in [4.69, 9.17) is 10.2 Å². The summed E-state index contributed by atoms with van der Waals surface area (Å²) in [5.74, 6) is 3.12. The van der Waals surface area contributed by atoms with E-state index in [9.17, 15) is 0 Å². The molecule has 2 rings (SSSR count). The van der Waals surface area contributed by atoms with E-state index >= 15 is 0 Å². The van der Waals surface area contributed by atoms with Crippen LogP contribution < -0.4 is 5.73 Å². The summed E-state index contributed by atoms with van der Waals surface area (Å²) in [6, 6.07) is 2.21. The van der Waals surface area contributed by atoms with Gasteiger partial charge in [-0.2, -0.15) is 11.8 Å². The van der Waals surface area contributed by atoms with Crippen LogP contribution in [0.25, 0.3) is 0 Å². The second kappa shape index (κ2) is 4.91. The van der Waals surface area contributed by atoms with Crippen molar-refractivity contribution in [3.05, 3.63) is 22.6 Å². The van der Waals surface area contributed by atoms with Crippen molar-refractivity contribution >= 4 is 27.7 Å². The van der Waals surface area contributed by atoms with Crippen LogP contribution >= 0.6 is 27.7 Å². The molecular formula is C10H15BrN2OS. The third-order valence-corrected chi connectivity index (χ3v) is 4.51. The number of nitrogens with zero attached hydrogens (tertiary/aromatic N) is 1. The SMILES string of the molecule is CN1CCSCC1C(N)c1occc1Br. The minimum Gasteiger partial charge on any atom is -0.466 e. The molecule has 1 aliphatic heterocycles. The molecule has 0 aromatic carbocycles. The van der Waals surface area contributed by atoms with E-state index in [1.54, 1.807) is 6.26 Å². The van der Waals surface area contributed by atoms with Crippen LogP contribution in [-0.2, 0) is 0 Å². The minimum absolute atomic E-state index is 0.0489. The summed E-state index contributed by atoms with van der Waals surface area (Å²) >= 11 is 5.41. The molecule has 0 amide bonds. The number of rotatable bonds is 2. The molecule has 0 radical (unpaired) electrons. The van der Waals surface area contributed by atoms with Gasteiger partial charge < -0.3 is 10.2 Å². The summed E-state index contributed by atoms with van der Waals surface area (Å²) in [7, 11) is 2.13. The summed E-state index contributed by atoms with van der Waals surface area (Å²) in [6.07, 6.45) is 1.68. The highest BCUT2D eigenvalue weighted by Crippen LogP contribution is 2.30. The highest BCUT2D eigenvalue weighted by molar-refractivity contribution is 9.10. The fourth-order valence-electron chi connectivity index (χ4n) is 1.80. The van der Waals surface area contributed by atoms with Crippen molar-refractivity contribution in [1.29, 1.82) is 0 Å². The van der Waals surface area contributed by atoms with E-state index < -0.39 is 0 Å². The van der Waals surface area contributed by atoms with Gasteiger partial charge in [0.15, 0.2) is 0 Å². The van der Waals surface area contributed by atoms with Gasteiger partial charge in [-0.1, -0.05) is 0 Å². The number of thioether (sulfide) groups is 1. The lowest BCUT2D eigenvalue weighted by atomic mass is 10.1. The van der Waals surface area contributed by atoms with E-state index in [2.05, 4.69) is 27.9 Å². The molecule has 3 nitrogen and oxygen atoms in total. The number of hydrogen-bond donors (Lipinski definition) is 1. The van der Waals surface area contributed by atoms with Gasteiger partial charge >= 0.3 is 0 Å². The standard InChI is InChI=1S/C10H15BrN2OS/c1-13-3-5-15-6-8(13)9(12)10-7(11)2-4-14-10/h2,4,8-9H,3,5-6,12H2,1H3. The van der Waals surface area contributed by atoms with Crippen molar-refractivity contribution in [3.8, 4) is 0 Å². The Labute approximate surface area is 102 Å². The molecule has 1 aliphatic rings. The largest absolute Gasteiger partial charge is 0.466 e. The molecule has 2 N–H and O–H groups in total. The summed E-state index contributed by atoms with van der Waals surface area (Å²) in [6.45, 7) is 1.10. The molecule has 5 heteroatoms. The summed E-state index contributed by atoms with van der Waals surface area (Å²) in [5.41, 5.74) is 6.23. The van der Waals surface area contributed by atoms with Gasteiger partial charge in [-0.15, -0.1) is 0 Å². The maximum Gasteiger partial charge on any atom is 0.136 e. The van der Waals surface area contributed by atoms with Crippen LogP contribution in [0.4, 0.5) is 0 Å². The van der Waals surface area contributed by atoms with E-state index in [1.165, 1.54) is 5.75 Å². The van der Waals surface area contributed by atoms with Crippen LogP contribution in [0.1, 0.15) is 11.8 Å². The summed E-state index contributed by atoms with van der Waals surface area (Å²) in [5, 5.41) is 0. The lowest BCUT2D eigenvalue weighted by Crippen LogP contribution is -2.46. The number of hydrogen-bond acceptors (Lipinski definition) is 4. The number of furan rings is 1. The molecule has 0 bridgehead atoms. The van der Waals surface area contributed by atoms with Gasteiger partial charge in [0.1, 0.15) is 5.76 Å². The smallest absolute Gasteiger partial charge is 0.136 e. The van der Waals surface area contributed by atoms with Gasteiger partial charge in [0.25, 0.3) is 0 Å². The Morgan fingerprint density at radius 1 is 1.73 bits per heavy atom. The molecule has 0 spiro atoms. The molecule has 0 saturated carbocycles. The maximum absolute atomic E-state index is 6.23. The van der Waals surface area contributed by atoms with Gasteiger partial charge in [-0.25, -0.2) is 0 Å². The topological polar surface area (TPSA) is 42.4 Å². The summed E-state index contributed by atoms with van der Waals surface area (Å²) in [4.78, 5) is 2.32. The van der Waals surface area contributed by atoms with Crippen molar-refractivity contribution in [1.82, 2.24) is 4.90 Å². The third kappa shape index (κ3) is 2.41. The van der Waals surface area contributed by atoms with Crippen molar-refractivity contribution < 1.29 is 4.42 Å². The van der Waals surface area contributed by atoms with Crippen molar-refractivity contribution in [2.45, 2.75) is 12.1 Å². The fraction of sp³-hybridized carbons (Fsp3) is 0.600.